The summed E-state index contributed by atoms with van der Waals surface area (Å²) < 4.78 is 7.66. The maximum atomic E-state index is 9.06. The van der Waals surface area contributed by atoms with Crippen molar-refractivity contribution in [3.05, 3.63) is 42.5 Å². The first-order chi connectivity index (χ1) is 10.9. The predicted molar refractivity (Wildman–Crippen MR) is 81.3 cm³/mol. The first-order valence-electron chi connectivity index (χ1n) is 7.55. The van der Waals surface area contributed by atoms with Crippen LogP contribution in [0.15, 0.2) is 36.9 Å². The van der Waals surface area contributed by atoms with E-state index in [-0.39, 0.29) is 0 Å². The number of para-hydroxylation sites is 1. The SMILES string of the molecule is N#Cc1ccccc1OCCN1CCC[C@@H]1Cn1cncn1. The van der Waals surface area contributed by atoms with E-state index in [2.05, 4.69) is 21.1 Å². The molecular formula is C16H19N5O. The molecule has 1 aromatic heterocycles. The smallest absolute Gasteiger partial charge is 0.137 e. The zero-order valence-electron chi connectivity index (χ0n) is 12.4. The van der Waals surface area contributed by atoms with Crippen LogP contribution < -0.4 is 4.74 Å². The van der Waals surface area contributed by atoms with E-state index in [1.54, 1.807) is 18.7 Å². The van der Waals surface area contributed by atoms with Crippen LogP contribution in [0.5, 0.6) is 5.75 Å². The Morgan fingerprint density at radius 3 is 3.09 bits per heavy atom. The molecule has 1 aliphatic heterocycles. The molecular weight excluding hydrogens is 278 g/mol. The Labute approximate surface area is 129 Å². The van der Waals surface area contributed by atoms with E-state index in [1.807, 2.05) is 22.9 Å². The van der Waals surface area contributed by atoms with E-state index < -0.39 is 0 Å². The van der Waals surface area contributed by atoms with Crippen molar-refractivity contribution in [3.63, 3.8) is 0 Å². The minimum Gasteiger partial charge on any atom is -0.491 e. The van der Waals surface area contributed by atoms with Gasteiger partial charge in [-0.3, -0.25) is 9.58 Å². The largest absolute Gasteiger partial charge is 0.491 e. The Morgan fingerprint density at radius 2 is 2.27 bits per heavy atom. The van der Waals surface area contributed by atoms with Crippen LogP contribution >= 0.6 is 0 Å². The third kappa shape index (κ3) is 3.43. The molecule has 22 heavy (non-hydrogen) atoms. The zero-order valence-corrected chi connectivity index (χ0v) is 12.4. The molecule has 3 rings (SSSR count). The lowest BCUT2D eigenvalue weighted by molar-refractivity contribution is 0.182. The van der Waals surface area contributed by atoms with Crippen molar-refractivity contribution in [1.82, 2.24) is 19.7 Å². The van der Waals surface area contributed by atoms with Gasteiger partial charge in [0.15, 0.2) is 0 Å². The van der Waals surface area contributed by atoms with Crippen molar-refractivity contribution >= 4 is 0 Å². The van der Waals surface area contributed by atoms with Gasteiger partial charge in [-0.15, -0.1) is 0 Å². The summed E-state index contributed by atoms with van der Waals surface area (Å²) in [5.74, 6) is 0.664. The Kier molecular flexibility index (Phi) is 4.66. The Morgan fingerprint density at radius 1 is 1.36 bits per heavy atom. The summed E-state index contributed by atoms with van der Waals surface area (Å²) in [6, 6.07) is 9.99. The molecule has 1 aliphatic rings. The van der Waals surface area contributed by atoms with Crippen LogP contribution in [0.4, 0.5) is 0 Å². The van der Waals surface area contributed by atoms with Crippen LogP contribution in [-0.4, -0.2) is 45.4 Å². The molecule has 1 saturated heterocycles. The molecule has 2 aromatic rings. The Hall–Kier alpha value is -2.39. The topological polar surface area (TPSA) is 67.0 Å². The monoisotopic (exact) mass is 297 g/mol. The molecule has 0 saturated carbocycles. The van der Waals surface area contributed by atoms with Gasteiger partial charge in [-0.1, -0.05) is 12.1 Å². The molecule has 0 radical (unpaired) electrons. The highest BCUT2D eigenvalue weighted by molar-refractivity contribution is 5.42. The molecule has 1 aromatic carbocycles. The maximum Gasteiger partial charge on any atom is 0.137 e. The maximum absolute atomic E-state index is 9.06. The molecule has 0 bridgehead atoms. The van der Waals surface area contributed by atoms with Gasteiger partial charge in [0.05, 0.1) is 12.1 Å². The van der Waals surface area contributed by atoms with Crippen molar-refractivity contribution < 1.29 is 4.74 Å². The van der Waals surface area contributed by atoms with Gasteiger partial charge in [-0.25, -0.2) is 4.98 Å². The van der Waals surface area contributed by atoms with Crippen LogP contribution in [0.2, 0.25) is 0 Å². The van der Waals surface area contributed by atoms with Crippen LogP contribution in [0.1, 0.15) is 18.4 Å². The Balaban J connectivity index is 1.51. The molecule has 0 aliphatic carbocycles. The van der Waals surface area contributed by atoms with E-state index in [0.29, 0.717) is 24.0 Å². The normalized spacial score (nSPS) is 18.2. The summed E-state index contributed by atoms with van der Waals surface area (Å²) in [5.41, 5.74) is 0.586. The first-order valence-corrected chi connectivity index (χ1v) is 7.55. The average molecular weight is 297 g/mol. The third-order valence-electron chi connectivity index (χ3n) is 4.01. The second-order valence-electron chi connectivity index (χ2n) is 5.41. The number of benzene rings is 1. The summed E-state index contributed by atoms with van der Waals surface area (Å²) in [7, 11) is 0. The minimum absolute atomic E-state index is 0.483. The van der Waals surface area contributed by atoms with Crippen LogP contribution in [-0.2, 0) is 6.54 Å². The van der Waals surface area contributed by atoms with Crippen molar-refractivity contribution in [2.45, 2.75) is 25.4 Å². The van der Waals surface area contributed by atoms with Crippen molar-refractivity contribution in [1.29, 1.82) is 5.26 Å². The molecule has 0 unspecified atom stereocenters. The van der Waals surface area contributed by atoms with Gasteiger partial charge in [0.2, 0.25) is 0 Å². The quantitative estimate of drug-likeness (QED) is 0.811. The second-order valence-corrected chi connectivity index (χ2v) is 5.41. The predicted octanol–water partition coefficient (Wildman–Crippen LogP) is 1.69. The summed E-state index contributed by atoms with van der Waals surface area (Å²) in [5, 5.41) is 13.2. The lowest BCUT2D eigenvalue weighted by Crippen LogP contribution is -2.36. The van der Waals surface area contributed by atoms with E-state index in [4.69, 9.17) is 10.00 Å². The molecule has 0 spiro atoms. The standard InChI is InChI=1S/C16H19N5O/c17-10-14-4-1-2-6-16(14)22-9-8-20-7-3-5-15(20)11-21-13-18-12-19-21/h1-2,4,6,12-13,15H,3,5,7-9,11H2/t15-/m1/s1. The molecule has 2 heterocycles. The number of hydrogen-bond acceptors (Lipinski definition) is 5. The van der Waals surface area contributed by atoms with Gasteiger partial charge >= 0.3 is 0 Å². The van der Waals surface area contributed by atoms with Crippen LogP contribution in [0.25, 0.3) is 0 Å². The summed E-state index contributed by atoms with van der Waals surface area (Å²) in [4.78, 5) is 6.42. The number of ether oxygens (including phenoxy) is 1. The molecule has 0 amide bonds. The number of nitriles is 1. The fourth-order valence-electron chi connectivity index (χ4n) is 2.90. The summed E-state index contributed by atoms with van der Waals surface area (Å²) >= 11 is 0. The van der Waals surface area contributed by atoms with E-state index in [9.17, 15) is 0 Å². The van der Waals surface area contributed by atoms with Gasteiger partial charge in [-0.05, 0) is 31.5 Å². The fourth-order valence-corrected chi connectivity index (χ4v) is 2.90. The third-order valence-corrected chi connectivity index (χ3v) is 4.01. The van der Waals surface area contributed by atoms with Crippen LogP contribution in [0, 0.1) is 11.3 Å². The zero-order chi connectivity index (χ0) is 15.2. The molecule has 6 nitrogen and oxygen atoms in total. The number of likely N-dealkylation sites (tertiary alicyclic amines) is 1. The molecule has 6 heteroatoms. The molecule has 1 atom stereocenters. The van der Waals surface area contributed by atoms with Gasteiger partial charge in [-0.2, -0.15) is 10.4 Å². The number of rotatable bonds is 6. The lowest BCUT2D eigenvalue weighted by atomic mass is 10.2. The molecule has 1 fully saturated rings. The highest BCUT2D eigenvalue weighted by atomic mass is 16.5. The van der Waals surface area contributed by atoms with E-state index in [1.165, 1.54) is 12.8 Å². The van der Waals surface area contributed by atoms with Crippen LogP contribution in [0.3, 0.4) is 0 Å². The summed E-state index contributed by atoms with van der Waals surface area (Å²) in [6.45, 7) is 3.41. The lowest BCUT2D eigenvalue weighted by Gasteiger charge is -2.24. The van der Waals surface area contributed by atoms with Crippen molar-refractivity contribution in [3.8, 4) is 11.8 Å². The first kappa shape index (κ1) is 14.5. The number of nitrogens with zero attached hydrogens (tertiary/aromatic N) is 5. The van der Waals surface area contributed by atoms with Gasteiger partial charge in [0.25, 0.3) is 0 Å². The molecule has 114 valence electrons. The van der Waals surface area contributed by atoms with Gasteiger partial charge in [0.1, 0.15) is 31.1 Å². The van der Waals surface area contributed by atoms with Crippen molar-refractivity contribution in [2.24, 2.45) is 0 Å². The van der Waals surface area contributed by atoms with E-state index in [0.717, 1.165) is 19.6 Å². The number of aromatic nitrogens is 3. The van der Waals surface area contributed by atoms with Crippen molar-refractivity contribution in [2.75, 3.05) is 19.7 Å². The highest BCUT2D eigenvalue weighted by Gasteiger charge is 2.24. The van der Waals surface area contributed by atoms with E-state index >= 15 is 0 Å². The minimum atomic E-state index is 0.483. The van der Waals surface area contributed by atoms with Gasteiger partial charge in [0, 0.05) is 12.6 Å². The fraction of sp³-hybridized carbons (Fsp3) is 0.438. The second kappa shape index (κ2) is 7.05. The average Bonchev–Trinajstić information content (AvgIpc) is 3.21. The summed E-state index contributed by atoms with van der Waals surface area (Å²) in [6.07, 6.45) is 5.71. The molecule has 0 N–H and O–H groups in total. The van der Waals surface area contributed by atoms with Gasteiger partial charge < -0.3 is 4.74 Å². The highest BCUT2D eigenvalue weighted by Crippen LogP contribution is 2.19. The number of hydrogen-bond donors (Lipinski definition) is 0. The Bertz CT molecular complexity index is 634.